The van der Waals surface area contributed by atoms with Crippen LogP contribution in [0.15, 0.2) is 23.2 Å². The molecule has 0 aliphatic carbocycles. The van der Waals surface area contributed by atoms with Gasteiger partial charge in [-0.3, -0.25) is 0 Å². The van der Waals surface area contributed by atoms with Crippen LogP contribution in [-0.4, -0.2) is 31.1 Å². The lowest BCUT2D eigenvalue weighted by Crippen LogP contribution is -2.46. The third kappa shape index (κ3) is 2.54. The largest absolute Gasteiger partial charge is 0.495 e. The standard InChI is InChI=1S/C13H16N4O/c1-18-12-7-10(3-4-11(12)8-14)9-16-13(15)17-5-2-6-17/h3-4,7H,2,5-6,9H2,1H3,(H2,15,16). The van der Waals surface area contributed by atoms with Gasteiger partial charge in [-0.15, -0.1) is 0 Å². The van der Waals surface area contributed by atoms with E-state index in [2.05, 4.69) is 11.1 Å². The number of aliphatic imine (C=N–C) groups is 1. The Balaban J connectivity index is 2.07. The fourth-order valence-corrected chi connectivity index (χ4v) is 1.74. The predicted octanol–water partition coefficient (Wildman–Crippen LogP) is 1.09. The molecule has 0 spiro atoms. The minimum absolute atomic E-state index is 0.504. The van der Waals surface area contributed by atoms with E-state index >= 15 is 0 Å². The van der Waals surface area contributed by atoms with Crippen molar-refractivity contribution in [2.45, 2.75) is 13.0 Å². The number of hydrogen-bond donors (Lipinski definition) is 1. The summed E-state index contributed by atoms with van der Waals surface area (Å²) in [6.45, 7) is 2.49. The zero-order valence-electron chi connectivity index (χ0n) is 10.4. The minimum Gasteiger partial charge on any atom is -0.495 e. The molecule has 2 N–H and O–H groups in total. The third-order valence-electron chi connectivity index (χ3n) is 2.99. The molecule has 0 radical (unpaired) electrons. The zero-order chi connectivity index (χ0) is 13.0. The molecule has 94 valence electrons. The summed E-state index contributed by atoms with van der Waals surface area (Å²) in [5.41, 5.74) is 7.36. The first-order valence-corrected chi connectivity index (χ1v) is 5.86. The summed E-state index contributed by atoms with van der Waals surface area (Å²) in [4.78, 5) is 6.37. The van der Waals surface area contributed by atoms with Gasteiger partial charge in [0.25, 0.3) is 0 Å². The van der Waals surface area contributed by atoms with Crippen LogP contribution in [0.5, 0.6) is 5.75 Å². The van der Waals surface area contributed by atoms with Gasteiger partial charge in [-0.1, -0.05) is 6.07 Å². The molecular weight excluding hydrogens is 228 g/mol. The van der Waals surface area contributed by atoms with E-state index < -0.39 is 0 Å². The average molecular weight is 244 g/mol. The molecule has 0 saturated carbocycles. The van der Waals surface area contributed by atoms with Crippen LogP contribution in [0.1, 0.15) is 17.5 Å². The molecule has 5 heteroatoms. The van der Waals surface area contributed by atoms with Crippen molar-refractivity contribution >= 4 is 5.96 Å². The fourth-order valence-electron chi connectivity index (χ4n) is 1.74. The molecule has 0 aromatic heterocycles. The van der Waals surface area contributed by atoms with Crippen molar-refractivity contribution in [3.63, 3.8) is 0 Å². The summed E-state index contributed by atoms with van der Waals surface area (Å²) >= 11 is 0. The van der Waals surface area contributed by atoms with Crippen molar-refractivity contribution in [3.8, 4) is 11.8 Å². The maximum atomic E-state index is 8.89. The summed E-state index contributed by atoms with van der Waals surface area (Å²) in [7, 11) is 1.55. The average Bonchev–Trinajstić information content (AvgIpc) is 2.33. The van der Waals surface area contributed by atoms with Gasteiger partial charge in [0.05, 0.1) is 19.2 Å². The summed E-state index contributed by atoms with van der Waals surface area (Å²) < 4.78 is 5.15. The van der Waals surface area contributed by atoms with Crippen LogP contribution in [-0.2, 0) is 6.54 Å². The fraction of sp³-hybridized carbons (Fsp3) is 0.385. The molecule has 0 atom stereocenters. The van der Waals surface area contributed by atoms with Gasteiger partial charge in [-0.2, -0.15) is 5.26 Å². The van der Waals surface area contributed by atoms with E-state index in [1.165, 1.54) is 6.42 Å². The molecule has 1 aliphatic heterocycles. The normalized spacial score (nSPS) is 14.9. The number of ether oxygens (including phenoxy) is 1. The Morgan fingerprint density at radius 1 is 1.56 bits per heavy atom. The number of guanidine groups is 1. The number of nitriles is 1. The monoisotopic (exact) mass is 244 g/mol. The third-order valence-corrected chi connectivity index (χ3v) is 2.99. The Morgan fingerprint density at radius 3 is 2.89 bits per heavy atom. The van der Waals surface area contributed by atoms with Crippen molar-refractivity contribution in [1.29, 1.82) is 5.26 Å². The number of nitrogens with two attached hydrogens (primary N) is 1. The highest BCUT2D eigenvalue weighted by atomic mass is 16.5. The van der Waals surface area contributed by atoms with Crippen molar-refractivity contribution in [3.05, 3.63) is 29.3 Å². The molecule has 2 rings (SSSR count). The summed E-state index contributed by atoms with van der Waals surface area (Å²) in [6, 6.07) is 7.51. The zero-order valence-corrected chi connectivity index (χ0v) is 10.4. The molecule has 5 nitrogen and oxygen atoms in total. The van der Waals surface area contributed by atoms with Gasteiger partial charge in [0, 0.05) is 13.1 Å². The van der Waals surface area contributed by atoms with E-state index in [4.69, 9.17) is 15.7 Å². The van der Waals surface area contributed by atoms with Crippen molar-refractivity contribution in [2.75, 3.05) is 20.2 Å². The van der Waals surface area contributed by atoms with Crippen LogP contribution in [0.25, 0.3) is 0 Å². The molecule has 1 aliphatic rings. The number of benzene rings is 1. The van der Waals surface area contributed by atoms with E-state index in [1.54, 1.807) is 13.2 Å². The Labute approximate surface area is 106 Å². The highest BCUT2D eigenvalue weighted by molar-refractivity contribution is 5.78. The second-order valence-electron chi connectivity index (χ2n) is 4.16. The maximum Gasteiger partial charge on any atom is 0.191 e. The van der Waals surface area contributed by atoms with E-state index in [0.717, 1.165) is 18.7 Å². The van der Waals surface area contributed by atoms with Crippen molar-refractivity contribution in [2.24, 2.45) is 10.7 Å². The Bertz CT molecular complexity index is 500. The Morgan fingerprint density at radius 2 is 2.33 bits per heavy atom. The molecule has 18 heavy (non-hydrogen) atoms. The molecular formula is C13H16N4O. The SMILES string of the molecule is COc1cc(CN=C(N)N2CCC2)ccc1C#N. The topological polar surface area (TPSA) is 74.6 Å². The molecule has 0 amide bonds. The highest BCUT2D eigenvalue weighted by Crippen LogP contribution is 2.19. The first-order chi connectivity index (χ1) is 8.74. The number of nitrogens with zero attached hydrogens (tertiary/aromatic N) is 3. The van der Waals surface area contributed by atoms with Crippen LogP contribution in [0.3, 0.4) is 0 Å². The second kappa shape index (κ2) is 5.41. The van der Waals surface area contributed by atoms with Gasteiger partial charge >= 0.3 is 0 Å². The summed E-state index contributed by atoms with van der Waals surface area (Å²) in [6.07, 6.45) is 1.18. The van der Waals surface area contributed by atoms with Crippen molar-refractivity contribution < 1.29 is 4.74 Å². The van der Waals surface area contributed by atoms with Gasteiger partial charge in [0.15, 0.2) is 5.96 Å². The van der Waals surface area contributed by atoms with Gasteiger partial charge in [-0.25, -0.2) is 4.99 Å². The second-order valence-corrected chi connectivity index (χ2v) is 4.16. The quantitative estimate of drug-likeness (QED) is 0.638. The van der Waals surface area contributed by atoms with Crippen LogP contribution < -0.4 is 10.5 Å². The maximum absolute atomic E-state index is 8.89. The lowest BCUT2D eigenvalue weighted by Gasteiger charge is -2.31. The lowest BCUT2D eigenvalue weighted by atomic mass is 10.1. The van der Waals surface area contributed by atoms with Gasteiger partial charge in [0.1, 0.15) is 11.8 Å². The highest BCUT2D eigenvalue weighted by Gasteiger charge is 2.15. The summed E-state index contributed by atoms with van der Waals surface area (Å²) in [5.74, 6) is 1.16. The smallest absolute Gasteiger partial charge is 0.191 e. The van der Waals surface area contributed by atoms with Crippen LogP contribution in [0.2, 0.25) is 0 Å². The number of methoxy groups -OCH3 is 1. The molecule has 1 fully saturated rings. The number of hydrogen-bond acceptors (Lipinski definition) is 3. The molecule has 1 heterocycles. The van der Waals surface area contributed by atoms with Crippen LogP contribution in [0.4, 0.5) is 0 Å². The van der Waals surface area contributed by atoms with E-state index in [1.807, 2.05) is 17.0 Å². The Kier molecular flexibility index (Phi) is 3.68. The Hall–Kier alpha value is -2.22. The molecule has 1 aromatic rings. The van der Waals surface area contributed by atoms with Gasteiger partial charge < -0.3 is 15.4 Å². The molecule has 1 aromatic carbocycles. The van der Waals surface area contributed by atoms with E-state index in [0.29, 0.717) is 23.8 Å². The van der Waals surface area contributed by atoms with Crippen LogP contribution >= 0.6 is 0 Å². The van der Waals surface area contributed by atoms with Gasteiger partial charge in [-0.05, 0) is 24.1 Å². The lowest BCUT2D eigenvalue weighted by molar-refractivity contribution is 0.295. The predicted molar refractivity (Wildman–Crippen MR) is 69.2 cm³/mol. The first-order valence-electron chi connectivity index (χ1n) is 5.86. The minimum atomic E-state index is 0.504. The number of rotatable bonds is 3. The van der Waals surface area contributed by atoms with E-state index in [-0.39, 0.29) is 0 Å². The molecule has 0 unspecified atom stereocenters. The first kappa shape index (κ1) is 12.2. The van der Waals surface area contributed by atoms with Crippen molar-refractivity contribution in [1.82, 2.24) is 4.90 Å². The van der Waals surface area contributed by atoms with E-state index in [9.17, 15) is 0 Å². The van der Waals surface area contributed by atoms with Gasteiger partial charge in [0.2, 0.25) is 0 Å². The molecule has 0 bridgehead atoms. The summed E-state index contributed by atoms with van der Waals surface area (Å²) in [5, 5.41) is 8.89. The molecule has 1 saturated heterocycles. The number of likely N-dealkylation sites (tertiary alicyclic amines) is 1. The van der Waals surface area contributed by atoms with Crippen LogP contribution in [0, 0.1) is 11.3 Å².